The lowest BCUT2D eigenvalue weighted by molar-refractivity contribution is -0.136. The van der Waals surface area contributed by atoms with Crippen molar-refractivity contribution in [3.8, 4) is 11.4 Å². The van der Waals surface area contributed by atoms with Gasteiger partial charge in [-0.15, -0.1) is 0 Å². The molecule has 1 heterocycles. The van der Waals surface area contributed by atoms with Crippen molar-refractivity contribution in [1.82, 2.24) is 9.55 Å². The van der Waals surface area contributed by atoms with Crippen LogP contribution in [0.1, 0.15) is 23.3 Å². The molecular formula is C14H14N2O3. The number of hydrogen-bond donors (Lipinski definition) is 1. The zero-order chi connectivity index (χ0) is 13.8. The predicted octanol–water partition coefficient (Wildman–Crippen LogP) is 2.13. The van der Waals surface area contributed by atoms with E-state index in [0.717, 1.165) is 5.56 Å². The van der Waals surface area contributed by atoms with Gasteiger partial charge >= 0.3 is 5.97 Å². The van der Waals surface area contributed by atoms with E-state index in [4.69, 9.17) is 5.11 Å². The molecular weight excluding hydrogens is 244 g/mol. The number of benzene rings is 1. The van der Waals surface area contributed by atoms with E-state index in [9.17, 15) is 9.59 Å². The third-order valence-electron chi connectivity index (χ3n) is 2.76. The number of Topliss-reactive ketones (excluding diaryl/α,β-unsaturated/α-hetero) is 1. The summed E-state index contributed by atoms with van der Waals surface area (Å²) in [7, 11) is 1.81. The van der Waals surface area contributed by atoms with Crippen molar-refractivity contribution in [1.29, 1.82) is 0 Å². The van der Waals surface area contributed by atoms with Crippen molar-refractivity contribution in [3.63, 3.8) is 0 Å². The molecule has 0 aliphatic carbocycles. The van der Waals surface area contributed by atoms with Gasteiger partial charge in [0.15, 0.2) is 5.78 Å². The number of ketones is 1. The second-order valence-corrected chi connectivity index (χ2v) is 4.24. The third kappa shape index (κ3) is 3.07. The number of carboxylic acids is 1. The highest BCUT2D eigenvalue weighted by molar-refractivity contribution is 5.96. The summed E-state index contributed by atoms with van der Waals surface area (Å²) in [5, 5.41) is 8.57. The van der Waals surface area contributed by atoms with E-state index in [0.29, 0.717) is 11.5 Å². The molecule has 0 unspecified atom stereocenters. The van der Waals surface area contributed by atoms with Gasteiger partial charge in [0.2, 0.25) is 0 Å². The second kappa shape index (κ2) is 5.48. The number of nitrogens with zero attached hydrogens (tertiary/aromatic N) is 2. The van der Waals surface area contributed by atoms with Crippen LogP contribution in [0.25, 0.3) is 11.4 Å². The molecule has 0 amide bonds. The topological polar surface area (TPSA) is 72.2 Å². The molecule has 2 rings (SSSR count). The standard InChI is InChI=1S/C14H14N2O3/c1-16-9-11(12(17)7-8-13(18)19)15-14(16)10-5-3-2-4-6-10/h2-6,9H,7-8H2,1H3,(H,18,19). The van der Waals surface area contributed by atoms with Crippen LogP contribution >= 0.6 is 0 Å². The van der Waals surface area contributed by atoms with Crippen LogP contribution in [0, 0.1) is 0 Å². The van der Waals surface area contributed by atoms with Gasteiger partial charge in [-0.25, -0.2) is 4.98 Å². The molecule has 0 saturated heterocycles. The lowest BCUT2D eigenvalue weighted by Gasteiger charge is -1.99. The molecule has 1 aromatic heterocycles. The van der Waals surface area contributed by atoms with Gasteiger partial charge in [0.1, 0.15) is 11.5 Å². The normalized spacial score (nSPS) is 10.4. The molecule has 0 atom stereocenters. The van der Waals surface area contributed by atoms with Crippen LogP contribution in [0.5, 0.6) is 0 Å². The highest BCUT2D eigenvalue weighted by Crippen LogP contribution is 2.18. The van der Waals surface area contributed by atoms with E-state index in [2.05, 4.69) is 4.98 Å². The van der Waals surface area contributed by atoms with Crippen LogP contribution in [0.2, 0.25) is 0 Å². The fourth-order valence-electron chi connectivity index (χ4n) is 1.80. The molecule has 0 fully saturated rings. The van der Waals surface area contributed by atoms with E-state index in [1.165, 1.54) is 0 Å². The fourth-order valence-corrected chi connectivity index (χ4v) is 1.80. The minimum atomic E-state index is -0.979. The first-order valence-electron chi connectivity index (χ1n) is 5.91. The molecule has 0 aliphatic heterocycles. The monoisotopic (exact) mass is 258 g/mol. The van der Waals surface area contributed by atoms with Crippen molar-refractivity contribution in [2.45, 2.75) is 12.8 Å². The number of aryl methyl sites for hydroxylation is 1. The summed E-state index contributed by atoms with van der Waals surface area (Å²) in [5.41, 5.74) is 1.23. The van der Waals surface area contributed by atoms with Crippen LogP contribution in [0.15, 0.2) is 36.5 Å². The maximum Gasteiger partial charge on any atom is 0.303 e. The number of hydrogen-bond acceptors (Lipinski definition) is 3. The summed E-state index contributed by atoms with van der Waals surface area (Å²) in [6.07, 6.45) is 1.43. The molecule has 1 N–H and O–H groups in total. The van der Waals surface area contributed by atoms with E-state index < -0.39 is 5.97 Å². The molecule has 19 heavy (non-hydrogen) atoms. The number of aliphatic carboxylic acids is 1. The first kappa shape index (κ1) is 13.0. The van der Waals surface area contributed by atoms with Crippen molar-refractivity contribution < 1.29 is 14.7 Å². The Morgan fingerprint density at radius 1 is 1.21 bits per heavy atom. The van der Waals surface area contributed by atoms with E-state index in [1.807, 2.05) is 37.4 Å². The van der Waals surface area contributed by atoms with Gasteiger partial charge in [0.25, 0.3) is 0 Å². The Morgan fingerprint density at radius 2 is 1.89 bits per heavy atom. The maximum atomic E-state index is 11.8. The zero-order valence-electron chi connectivity index (χ0n) is 10.5. The minimum absolute atomic E-state index is 0.0272. The highest BCUT2D eigenvalue weighted by atomic mass is 16.4. The average Bonchev–Trinajstić information content (AvgIpc) is 2.79. The molecule has 0 aliphatic rings. The Bertz CT molecular complexity index is 602. The number of imidazole rings is 1. The fraction of sp³-hybridized carbons (Fsp3) is 0.214. The Labute approximate surface area is 110 Å². The summed E-state index contributed by atoms with van der Waals surface area (Å²) < 4.78 is 1.77. The van der Waals surface area contributed by atoms with Crippen LogP contribution in [-0.4, -0.2) is 26.4 Å². The molecule has 0 bridgehead atoms. The number of carbonyl (C=O) groups excluding carboxylic acids is 1. The summed E-state index contributed by atoms with van der Waals surface area (Å²) in [5.74, 6) is -0.535. The Hall–Kier alpha value is -2.43. The zero-order valence-corrected chi connectivity index (χ0v) is 10.5. The van der Waals surface area contributed by atoms with Crippen molar-refractivity contribution in [2.24, 2.45) is 7.05 Å². The van der Waals surface area contributed by atoms with Gasteiger partial charge in [0, 0.05) is 25.2 Å². The van der Waals surface area contributed by atoms with Crippen LogP contribution in [0.3, 0.4) is 0 Å². The lowest BCUT2D eigenvalue weighted by Crippen LogP contribution is -2.04. The van der Waals surface area contributed by atoms with E-state index >= 15 is 0 Å². The summed E-state index contributed by atoms with van der Waals surface area (Å²) >= 11 is 0. The van der Waals surface area contributed by atoms with Crippen LogP contribution in [0.4, 0.5) is 0 Å². The Balaban J connectivity index is 2.22. The highest BCUT2D eigenvalue weighted by Gasteiger charge is 2.14. The molecule has 2 aromatic rings. The average molecular weight is 258 g/mol. The molecule has 5 nitrogen and oxygen atoms in total. The Kier molecular flexibility index (Phi) is 3.75. The number of aromatic nitrogens is 2. The molecule has 98 valence electrons. The minimum Gasteiger partial charge on any atom is -0.481 e. The van der Waals surface area contributed by atoms with Crippen molar-refractivity contribution in [3.05, 3.63) is 42.2 Å². The van der Waals surface area contributed by atoms with Crippen LogP contribution in [-0.2, 0) is 11.8 Å². The predicted molar refractivity (Wildman–Crippen MR) is 69.8 cm³/mol. The largest absolute Gasteiger partial charge is 0.481 e. The lowest BCUT2D eigenvalue weighted by atomic mass is 10.2. The summed E-state index contributed by atoms with van der Waals surface area (Å²) in [6, 6.07) is 9.53. The van der Waals surface area contributed by atoms with Crippen molar-refractivity contribution in [2.75, 3.05) is 0 Å². The SMILES string of the molecule is Cn1cc(C(=O)CCC(=O)O)nc1-c1ccccc1. The third-order valence-corrected chi connectivity index (χ3v) is 2.76. The number of rotatable bonds is 5. The molecule has 0 spiro atoms. The van der Waals surface area contributed by atoms with E-state index in [1.54, 1.807) is 10.8 Å². The first-order chi connectivity index (χ1) is 9.08. The van der Waals surface area contributed by atoms with Gasteiger partial charge in [-0.2, -0.15) is 0 Å². The quantitative estimate of drug-likeness (QED) is 0.834. The molecule has 0 saturated carbocycles. The molecule has 5 heteroatoms. The molecule has 0 radical (unpaired) electrons. The molecule has 1 aromatic carbocycles. The van der Waals surface area contributed by atoms with Gasteiger partial charge < -0.3 is 9.67 Å². The number of carboxylic acid groups (broad SMARTS) is 1. The van der Waals surface area contributed by atoms with Gasteiger partial charge in [0.05, 0.1) is 6.42 Å². The maximum absolute atomic E-state index is 11.8. The second-order valence-electron chi connectivity index (χ2n) is 4.24. The van der Waals surface area contributed by atoms with Crippen molar-refractivity contribution >= 4 is 11.8 Å². The van der Waals surface area contributed by atoms with Gasteiger partial charge in [-0.05, 0) is 0 Å². The van der Waals surface area contributed by atoms with E-state index in [-0.39, 0.29) is 18.6 Å². The Morgan fingerprint density at radius 3 is 2.53 bits per heavy atom. The number of carbonyl (C=O) groups is 2. The first-order valence-corrected chi connectivity index (χ1v) is 5.91. The van der Waals surface area contributed by atoms with Crippen LogP contribution < -0.4 is 0 Å². The summed E-state index contributed by atoms with van der Waals surface area (Å²) in [4.78, 5) is 26.5. The van der Waals surface area contributed by atoms with Gasteiger partial charge in [-0.3, -0.25) is 9.59 Å². The van der Waals surface area contributed by atoms with Gasteiger partial charge in [-0.1, -0.05) is 30.3 Å². The summed E-state index contributed by atoms with van der Waals surface area (Å²) in [6.45, 7) is 0. The smallest absolute Gasteiger partial charge is 0.303 e.